The van der Waals surface area contributed by atoms with E-state index in [0.29, 0.717) is 0 Å². The molecule has 4 rings (SSSR count). The quantitative estimate of drug-likeness (QED) is 0.275. The highest BCUT2D eigenvalue weighted by atomic mass is 14.1. The van der Waals surface area contributed by atoms with Gasteiger partial charge in [0.25, 0.3) is 0 Å². The van der Waals surface area contributed by atoms with Gasteiger partial charge in [0.1, 0.15) is 0 Å². The van der Waals surface area contributed by atoms with Crippen molar-refractivity contribution in [3.8, 4) is 0 Å². The summed E-state index contributed by atoms with van der Waals surface area (Å²) in [4.78, 5) is 0. The number of hydrogen-bond donors (Lipinski definition) is 0. The van der Waals surface area contributed by atoms with E-state index in [1.54, 1.807) is 0 Å². The highest BCUT2D eigenvalue weighted by Crippen LogP contribution is 2.31. The van der Waals surface area contributed by atoms with Crippen LogP contribution in [0.3, 0.4) is 0 Å². The molecule has 0 aliphatic heterocycles. The average Bonchev–Trinajstić information content (AvgIpc) is 2.58. The lowest BCUT2D eigenvalue weighted by Gasteiger charge is -2.12. The van der Waals surface area contributed by atoms with Gasteiger partial charge in [-0.2, -0.15) is 0 Å². The van der Waals surface area contributed by atoms with Gasteiger partial charge in [-0.3, -0.25) is 0 Å². The van der Waals surface area contributed by atoms with Gasteiger partial charge in [-0.25, -0.2) is 0 Å². The van der Waals surface area contributed by atoms with Crippen LogP contribution in [0.25, 0.3) is 38.4 Å². The molecule has 0 N–H and O–H groups in total. The van der Waals surface area contributed by atoms with Gasteiger partial charge in [0.05, 0.1) is 0 Å². The van der Waals surface area contributed by atoms with E-state index in [1.165, 1.54) is 43.1 Å². The summed E-state index contributed by atoms with van der Waals surface area (Å²) in [5.41, 5.74) is 1.35. The van der Waals surface area contributed by atoms with Crippen molar-refractivity contribution in [3.05, 3.63) is 65.4 Å². The van der Waals surface area contributed by atoms with E-state index in [9.17, 15) is 0 Å². The van der Waals surface area contributed by atoms with Gasteiger partial charge < -0.3 is 0 Å². The molecule has 0 spiro atoms. The Balaban J connectivity index is 0.000000693. The zero-order chi connectivity index (χ0) is 15.7. The molecular formula is C22H22. The second-order valence-corrected chi connectivity index (χ2v) is 5.41. The van der Waals surface area contributed by atoms with Gasteiger partial charge in [0.15, 0.2) is 0 Å². The molecular weight excluding hydrogens is 264 g/mol. The van der Waals surface area contributed by atoms with E-state index in [1.807, 2.05) is 13.8 Å². The van der Waals surface area contributed by atoms with E-state index < -0.39 is 0 Å². The zero-order valence-electron chi connectivity index (χ0n) is 13.8. The summed E-state index contributed by atoms with van der Waals surface area (Å²) in [6.07, 6.45) is 2.25. The van der Waals surface area contributed by atoms with Crippen LogP contribution in [0.15, 0.2) is 54.6 Å². The fourth-order valence-electron chi connectivity index (χ4n) is 3.47. The molecule has 4 aromatic rings. The lowest BCUT2D eigenvalue weighted by atomic mass is 9.91. The molecule has 0 nitrogen and oxygen atoms in total. The fraction of sp³-hybridized carbons (Fsp3) is 0.182. The molecule has 0 saturated heterocycles. The number of fused-ring (bicyclic) bond motifs is 2. The first-order chi connectivity index (χ1) is 10.8. The Kier molecular flexibility index (Phi) is 3.85. The monoisotopic (exact) mass is 286 g/mol. The van der Waals surface area contributed by atoms with Crippen LogP contribution < -0.4 is 5.22 Å². The lowest BCUT2D eigenvalue weighted by molar-refractivity contribution is 1.50. The molecule has 0 unspecified atom stereocenters. The fourth-order valence-corrected chi connectivity index (χ4v) is 3.47. The van der Waals surface area contributed by atoms with Crippen molar-refractivity contribution in [1.29, 1.82) is 0 Å². The molecule has 0 aliphatic rings. The molecule has 0 radical (unpaired) electrons. The minimum absolute atomic E-state index is 1.33. The maximum absolute atomic E-state index is 2.25. The van der Waals surface area contributed by atoms with Crippen molar-refractivity contribution in [1.82, 2.24) is 0 Å². The van der Waals surface area contributed by atoms with Gasteiger partial charge in [-0.15, -0.1) is 0 Å². The van der Waals surface area contributed by atoms with Crippen LogP contribution in [-0.2, 0) is 0 Å². The molecule has 22 heavy (non-hydrogen) atoms. The molecule has 0 heteroatoms. The minimum atomic E-state index is 1.33. The normalized spacial score (nSPS) is 11.9. The third-order valence-electron chi connectivity index (χ3n) is 4.32. The summed E-state index contributed by atoms with van der Waals surface area (Å²) in [5, 5.41) is 9.56. The van der Waals surface area contributed by atoms with Crippen LogP contribution in [-0.4, -0.2) is 0 Å². The van der Waals surface area contributed by atoms with E-state index in [4.69, 9.17) is 0 Å². The summed E-state index contributed by atoms with van der Waals surface area (Å²) in [6.45, 7) is 8.34. The smallest absolute Gasteiger partial charge is 0.00265 e. The Hall–Kier alpha value is -2.34. The SMILES string of the molecule is C/C=c1/c2cccc3cccc(c4cccc(C)c14)c32.CC. The third kappa shape index (κ3) is 1.99. The first-order valence-corrected chi connectivity index (χ1v) is 8.10. The summed E-state index contributed by atoms with van der Waals surface area (Å²) < 4.78 is 0. The number of rotatable bonds is 0. The Labute approximate surface area is 132 Å². The molecule has 0 aromatic heterocycles. The van der Waals surface area contributed by atoms with E-state index in [2.05, 4.69) is 74.5 Å². The Morgan fingerprint density at radius 3 is 1.86 bits per heavy atom. The van der Waals surface area contributed by atoms with Crippen LogP contribution in [0.4, 0.5) is 0 Å². The van der Waals surface area contributed by atoms with Crippen LogP contribution >= 0.6 is 0 Å². The molecule has 0 fully saturated rings. The Bertz CT molecular complexity index is 1000. The van der Waals surface area contributed by atoms with Crippen LogP contribution in [0.5, 0.6) is 0 Å². The molecule has 0 atom stereocenters. The summed E-state index contributed by atoms with van der Waals surface area (Å²) in [6, 6.07) is 19.8. The highest BCUT2D eigenvalue weighted by molar-refractivity contribution is 6.22. The van der Waals surface area contributed by atoms with Crippen molar-refractivity contribution in [3.63, 3.8) is 0 Å². The topological polar surface area (TPSA) is 0 Å². The molecule has 0 heterocycles. The van der Waals surface area contributed by atoms with E-state index in [-0.39, 0.29) is 0 Å². The second kappa shape index (κ2) is 5.81. The van der Waals surface area contributed by atoms with Gasteiger partial charge in [-0.1, -0.05) is 74.5 Å². The van der Waals surface area contributed by atoms with E-state index >= 15 is 0 Å². The molecule has 110 valence electrons. The Morgan fingerprint density at radius 2 is 1.23 bits per heavy atom. The van der Waals surface area contributed by atoms with Crippen molar-refractivity contribution < 1.29 is 0 Å². The van der Waals surface area contributed by atoms with Gasteiger partial charge >= 0.3 is 0 Å². The Morgan fingerprint density at radius 1 is 0.682 bits per heavy atom. The third-order valence-corrected chi connectivity index (χ3v) is 4.32. The number of hydrogen-bond acceptors (Lipinski definition) is 0. The summed E-state index contributed by atoms with van der Waals surface area (Å²) >= 11 is 0. The first-order valence-electron chi connectivity index (χ1n) is 8.10. The standard InChI is InChI=1S/C20H16.C2H6/c1-3-15-16-11-5-8-14-9-6-12-18(20(14)16)17-10-4-7-13(2)19(15)17;1-2/h3-12H,1-2H3;1-2H3/b15-3-;. The first kappa shape index (κ1) is 14.6. The lowest BCUT2D eigenvalue weighted by Crippen LogP contribution is -2.06. The van der Waals surface area contributed by atoms with Crippen LogP contribution in [0, 0.1) is 6.92 Å². The molecule has 0 saturated carbocycles. The molecule has 4 aromatic carbocycles. The summed E-state index contributed by atoms with van der Waals surface area (Å²) in [7, 11) is 0. The van der Waals surface area contributed by atoms with Gasteiger partial charge in [0, 0.05) is 0 Å². The van der Waals surface area contributed by atoms with Crippen LogP contribution in [0.1, 0.15) is 26.3 Å². The van der Waals surface area contributed by atoms with Gasteiger partial charge in [0.2, 0.25) is 0 Å². The largest absolute Gasteiger partial charge is 0.0791 e. The highest BCUT2D eigenvalue weighted by Gasteiger charge is 2.09. The van der Waals surface area contributed by atoms with Crippen molar-refractivity contribution in [2.45, 2.75) is 27.7 Å². The average molecular weight is 286 g/mol. The predicted molar refractivity (Wildman–Crippen MR) is 100 cm³/mol. The number of aryl methyl sites for hydroxylation is 1. The predicted octanol–water partition coefficient (Wildman–Crippen LogP) is 6.00. The minimum Gasteiger partial charge on any atom is -0.0791 e. The summed E-state index contributed by atoms with van der Waals surface area (Å²) in [5.74, 6) is 0. The second-order valence-electron chi connectivity index (χ2n) is 5.41. The molecule has 0 aliphatic carbocycles. The van der Waals surface area contributed by atoms with Crippen molar-refractivity contribution in [2.24, 2.45) is 0 Å². The molecule has 0 amide bonds. The van der Waals surface area contributed by atoms with Crippen LogP contribution in [0.2, 0.25) is 0 Å². The van der Waals surface area contributed by atoms with Crippen molar-refractivity contribution >= 4 is 38.4 Å². The maximum Gasteiger partial charge on any atom is -0.00265 e. The zero-order valence-corrected chi connectivity index (χ0v) is 13.8. The maximum atomic E-state index is 2.25. The van der Waals surface area contributed by atoms with E-state index in [0.717, 1.165) is 0 Å². The van der Waals surface area contributed by atoms with Gasteiger partial charge in [-0.05, 0) is 56.9 Å². The molecule has 0 bridgehead atoms. The van der Waals surface area contributed by atoms with Crippen molar-refractivity contribution in [2.75, 3.05) is 0 Å². The number of benzene rings is 4.